The first kappa shape index (κ1) is 22.6. The minimum absolute atomic E-state index is 0.104. The average Bonchev–Trinajstić information content (AvgIpc) is 2.67. The van der Waals surface area contributed by atoms with E-state index in [-0.39, 0.29) is 17.5 Å². The molecule has 0 radical (unpaired) electrons. The summed E-state index contributed by atoms with van der Waals surface area (Å²) in [6.07, 6.45) is -3.89. The fourth-order valence-electron chi connectivity index (χ4n) is 3.02. The second-order valence-electron chi connectivity index (χ2n) is 6.66. The van der Waals surface area contributed by atoms with Crippen molar-refractivity contribution in [2.45, 2.75) is 25.9 Å². The van der Waals surface area contributed by atoms with E-state index < -0.39 is 57.9 Å². The molecule has 1 nitrogen and oxygen atoms in total. The molecule has 0 saturated heterocycles. The van der Waals surface area contributed by atoms with Crippen molar-refractivity contribution in [2.24, 2.45) is 0 Å². The molecule has 0 aliphatic carbocycles. The molecule has 164 valence electrons. The molecule has 0 spiro atoms. The maximum absolute atomic E-state index is 14.4. The van der Waals surface area contributed by atoms with Crippen molar-refractivity contribution in [3.63, 3.8) is 0 Å². The fourth-order valence-corrected chi connectivity index (χ4v) is 3.02. The average molecular weight is 446 g/mol. The largest absolute Gasteiger partial charge is 0.429 e. The Balaban J connectivity index is 1.95. The van der Waals surface area contributed by atoms with Gasteiger partial charge in [0.25, 0.3) is 0 Å². The first-order valence-corrected chi connectivity index (χ1v) is 9.03. The van der Waals surface area contributed by atoms with E-state index in [1.807, 2.05) is 0 Å². The van der Waals surface area contributed by atoms with Crippen LogP contribution in [0.3, 0.4) is 0 Å². The van der Waals surface area contributed by atoms with Gasteiger partial charge in [0.05, 0.1) is 5.56 Å². The zero-order valence-electron chi connectivity index (χ0n) is 15.9. The maximum Gasteiger partial charge on any atom is 0.429 e. The van der Waals surface area contributed by atoms with E-state index >= 15 is 0 Å². The second-order valence-corrected chi connectivity index (χ2v) is 6.66. The lowest BCUT2D eigenvalue weighted by Gasteiger charge is -2.20. The fraction of sp³-hybridized carbons (Fsp3) is 0.182. The predicted octanol–water partition coefficient (Wildman–Crippen LogP) is 7.27. The Bertz CT molecular complexity index is 1100. The molecular weight excluding hydrogens is 432 g/mol. The third-order valence-corrected chi connectivity index (χ3v) is 4.47. The summed E-state index contributed by atoms with van der Waals surface area (Å²) in [7, 11) is 0. The first-order valence-electron chi connectivity index (χ1n) is 9.03. The van der Waals surface area contributed by atoms with Crippen LogP contribution in [0.4, 0.5) is 35.1 Å². The molecule has 0 atom stereocenters. The molecule has 31 heavy (non-hydrogen) atoms. The Labute approximate surface area is 171 Å². The van der Waals surface area contributed by atoms with Crippen LogP contribution in [0.15, 0.2) is 42.5 Å². The van der Waals surface area contributed by atoms with E-state index in [0.717, 1.165) is 12.1 Å². The van der Waals surface area contributed by atoms with Gasteiger partial charge in [-0.05, 0) is 35.7 Å². The summed E-state index contributed by atoms with van der Waals surface area (Å²) in [5.41, 5.74) is -2.74. The van der Waals surface area contributed by atoms with E-state index in [4.69, 9.17) is 0 Å². The molecule has 0 amide bonds. The molecule has 0 unspecified atom stereocenters. The van der Waals surface area contributed by atoms with Crippen molar-refractivity contribution in [3.05, 3.63) is 88.5 Å². The summed E-state index contributed by atoms with van der Waals surface area (Å²) in [5, 5.41) is 0. The standard InChI is InChI=1S/C22H14F8O/c1-2-3-11-4-6-14(21(28)20(11)27)22(29,30)31-13-9-17(25)19(18(26)10-13)12-5-7-15(23)16(24)8-12/h4-10H,2-3H2,1H3. The highest BCUT2D eigenvalue weighted by Crippen LogP contribution is 2.37. The van der Waals surface area contributed by atoms with E-state index in [9.17, 15) is 35.1 Å². The number of hydrogen-bond acceptors (Lipinski definition) is 1. The normalized spacial score (nSPS) is 11.6. The maximum atomic E-state index is 14.4. The molecule has 9 heteroatoms. The summed E-state index contributed by atoms with van der Waals surface area (Å²) in [6.45, 7) is 1.69. The third kappa shape index (κ3) is 4.50. The highest BCUT2D eigenvalue weighted by molar-refractivity contribution is 5.66. The van der Waals surface area contributed by atoms with Gasteiger partial charge in [0.15, 0.2) is 23.3 Å². The van der Waals surface area contributed by atoms with Crippen LogP contribution in [-0.2, 0) is 12.5 Å². The Morgan fingerprint density at radius 3 is 1.97 bits per heavy atom. The van der Waals surface area contributed by atoms with E-state index in [0.29, 0.717) is 36.8 Å². The van der Waals surface area contributed by atoms with Crippen molar-refractivity contribution in [1.29, 1.82) is 0 Å². The topological polar surface area (TPSA) is 9.23 Å². The number of benzene rings is 3. The number of hydrogen-bond donors (Lipinski definition) is 0. The minimum atomic E-state index is -4.46. The number of halogens is 8. The van der Waals surface area contributed by atoms with Gasteiger partial charge in [0.1, 0.15) is 22.9 Å². The van der Waals surface area contributed by atoms with Crippen molar-refractivity contribution in [3.8, 4) is 16.9 Å². The molecule has 0 saturated carbocycles. The van der Waals surface area contributed by atoms with Crippen LogP contribution in [0, 0.1) is 34.9 Å². The van der Waals surface area contributed by atoms with Crippen LogP contribution >= 0.6 is 0 Å². The van der Waals surface area contributed by atoms with E-state index in [2.05, 4.69) is 4.74 Å². The lowest BCUT2D eigenvalue weighted by molar-refractivity contribution is -0.187. The first-order chi connectivity index (χ1) is 14.5. The van der Waals surface area contributed by atoms with Crippen LogP contribution in [-0.4, -0.2) is 0 Å². The van der Waals surface area contributed by atoms with Gasteiger partial charge in [-0.25, -0.2) is 26.3 Å². The number of ether oxygens (including phenoxy) is 1. The number of alkyl halides is 2. The summed E-state index contributed by atoms with van der Waals surface area (Å²) < 4.78 is 116. The van der Waals surface area contributed by atoms with E-state index in [1.165, 1.54) is 0 Å². The summed E-state index contributed by atoms with van der Waals surface area (Å²) in [5.74, 6) is -9.77. The number of rotatable bonds is 6. The molecule has 0 N–H and O–H groups in total. The van der Waals surface area contributed by atoms with Crippen LogP contribution in [0.5, 0.6) is 5.75 Å². The zero-order valence-corrected chi connectivity index (χ0v) is 15.9. The van der Waals surface area contributed by atoms with Crippen molar-refractivity contribution in [1.82, 2.24) is 0 Å². The second kappa shape index (κ2) is 8.56. The van der Waals surface area contributed by atoms with Gasteiger partial charge in [-0.1, -0.05) is 25.5 Å². The van der Waals surface area contributed by atoms with E-state index in [1.54, 1.807) is 6.92 Å². The Hall–Kier alpha value is -3.10. The SMILES string of the molecule is CCCc1ccc(C(F)(F)Oc2cc(F)c(-c3ccc(F)c(F)c3)c(F)c2)c(F)c1F. The van der Waals surface area contributed by atoms with Gasteiger partial charge in [0, 0.05) is 12.1 Å². The van der Waals surface area contributed by atoms with Crippen molar-refractivity contribution >= 4 is 0 Å². The quantitative estimate of drug-likeness (QED) is 0.362. The Kier molecular flexibility index (Phi) is 6.24. The van der Waals surface area contributed by atoms with Crippen LogP contribution in [0.25, 0.3) is 11.1 Å². The molecule has 0 aliphatic rings. The predicted molar refractivity (Wildman–Crippen MR) is 96.6 cm³/mol. The number of aryl methyl sites for hydroxylation is 1. The molecule has 0 bridgehead atoms. The highest BCUT2D eigenvalue weighted by atomic mass is 19.3. The molecule has 3 rings (SSSR count). The molecular formula is C22H14F8O. The van der Waals surface area contributed by atoms with Crippen LogP contribution < -0.4 is 4.74 Å². The lowest BCUT2D eigenvalue weighted by atomic mass is 10.0. The molecule has 0 fully saturated rings. The van der Waals surface area contributed by atoms with Gasteiger partial charge in [-0.2, -0.15) is 8.78 Å². The van der Waals surface area contributed by atoms with Gasteiger partial charge >= 0.3 is 6.11 Å². The molecule has 3 aromatic carbocycles. The highest BCUT2D eigenvalue weighted by Gasteiger charge is 2.39. The van der Waals surface area contributed by atoms with Gasteiger partial charge in [-0.3, -0.25) is 0 Å². The van der Waals surface area contributed by atoms with Gasteiger partial charge < -0.3 is 4.74 Å². The van der Waals surface area contributed by atoms with Gasteiger partial charge in [-0.15, -0.1) is 0 Å². The molecule has 0 aromatic heterocycles. The Morgan fingerprint density at radius 1 is 0.742 bits per heavy atom. The molecule has 0 heterocycles. The minimum Gasteiger partial charge on any atom is -0.429 e. The van der Waals surface area contributed by atoms with Crippen LogP contribution in [0.2, 0.25) is 0 Å². The molecule has 3 aromatic rings. The van der Waals surface area contributed by atoms with Gasteiger partial charge in [0.2, 0.25) is 0 Å². The smallest absolute Gasteiger partial charge is 0.429 e. The summed E-state index contributed by atoms with van der Waals surface area (Å²) in [4.78, 5) is 0. The monoisotopic (exact) mass is 446 g/mol. The lowest BCUT2D eigenvalue weighted by Crippen LogP contribution is -2.24. The van der Waals surface area contributed by atoms with Crippen LogP contribution in [0.1, 0.15) is 24.5 Å². The summed E-state index contributed by atoms with van der Waals surface area (Å²) in [6, 6.07) is 4.41. The molecule has 0 aliphatic heterocycles. The Morgan fingerprint density at radius 2 is 1.39 bits per heavy atom. The zero-order chi connectivity index (χ0) is 22.9. The van der Waals surface area contributed by atoms with Crippen molar-refractivity contribution < 1.29 is 39.9 Å². The summed E-state index contributed by atoms with van der Waals surface area (Å²) >= 11 is 0. The third-order valence-electron chi connectivity index (χ3n) is 4.47. The van der Waals surface area contributed by atoms with Crippen molar-refractivity contribution in [2.75, 3.05) is 0 Å².